The summed E-state index contributed by atoms with van der Waals surface area (Å²) in [5, 5.41) is 21.0. The summed E-state index contributed by atoms with van der Waals surface area (Å²) in [5.74, 6) is -2.56. The van der Waals surface area contributed by atoms with Gasteiger partial charge >= 0.3 is 5.97 Å². The van der Waals surface area contributed by atoms with Crippen LogP contribution in [0.2, 0.25) is 0 Å². The number of imide groups is 1. The van der Waals surface area contributed by atoms with E-state index in [0.29, 0.717) is 0 Å². The van der Waals surface area contributed by atoms with Gasteiger partial charge in [-0.2, -0.15) is 0 Å². The lowest BCUT2D eigenvalue weighted by Crippen LogP contribution is -2.48. The molecule has 0 saturated carbocycles. The van der Waals surface area contributed by atoms with E-state index in [0.717, 1.165) is 4.90 Å². The van der Waals surface area contributed by atoms with Gasteiger partial charge < -0.3 is 10.2 Å². The number of benzene rings is 3. The molecular weight excluding hydrogens is 358 g/mol. The maximum Gasteiger partial charge on any atom is 0.335 e. The topological polar surface area (TPSA) is 94.9 Å². The summed E-state index contributed by atoms with van der Waals surface area (Å²) < 4.78 is 0. The summed E-state index contributed by atoms with van der Waals surface area (Å²) in [7, 11) is 0. The lowest BCUT2D eigenvalue weighted by Gasteiger charge is -2.33. The number of hydrogen-bond acceptors (Lipinski definition) is 4. The molecule has 1 atom stereocenters. The summed E-state index contributed by atoms with van der Waals surface area (Å²) in [5.41, 5.74) is -1.54. The van der Waals surface area contributed by atoms with Crippen LogP contribution in [0.15, 0.2) is 78.9 Å². The van der Waals surface area contributed by atoms with Gasteiger partial charge in [-0.05, 0) is 30.3 Å². The fourth-order valence-electron chi connectivity index (χ4n) is 3.44. The normalized spacial score (nSPS) is 18.0. The van der Waals surface area contributed by atoms with Crippen LogP contribution in [-0.2, 0) is 5.72 Å². The van der Waals surface area contributed by atoms with Gasteiger partial charge in [0.25, 0.3) is 11.8 Å². The van der Waals surface area contributed by atoms with Gasteiger partial charge in [0.15, 0.2) is 0 Å². The number of fused-ring (bicyclic) bond motifs is 1. The molecule has 6 nitrogen and oxygen atoms in total. The standard InChI is InChI=1S/C22H15NO5/c24-19(14-7-3-1-4-8-14)23-20(25)17-12-11-15(21(26)27)13-18(17)22(23,28)16-9-5-2-6-10-16/h1-13,28H,(H,26,27). The Labute approximate surface area is 160 Å². The van der Waals surface area contributed by atoms with Crippen molar-refractivity contribution in [3.63, 3.8) is 0 Å². The number of carbonyl (C=O) groups is 3. The highest BCUT2D eigenvalue weighted by Gasteiger charge is 2.53. The Morgan fingerprint density at radius 2 is 1.43 bits per heavy atom. The quantitative estimate of drug-likeness (QED) is 0.689. The second kappa shape index (κ2) is 6.44. The number of aliphatic hydroxyl groups is 1. The molecule has 4 rings (SSSR count). The van der Waals surface area contributed by atoms with Crippen molar-refractivity contribution in [2.45, 2.75) is 5.72 Å². The highest BCUT2D eigenvalue weighted by Crippen LogP contribution is 2.43. The van der Waals surface area contributed by atoms with Crippen LogP contribution in [0.3, 0.4) is 0 Å². The van der Waals surface area contributed by atoms with E-state index < -0.39 is 23.5 Å². The Morgan fingerprint density at radius 3 is 2.04 bits per heavy atom. The molecule has 1 heterocycles. The van der Waals surface area contributed by atoms with Crippen molar-refractivity contribution in [2.75, 3.05) is 0 Å². The van der Waals surface area contributed by atoms with Crippen LogP contribution in [-0.4, -0.2) is 32.9 Å². The average molecular weight is 373 g/mol. The number of carboxylic acids is 1. The first-order chi connectivity index (χ1) is 13.4. The minimum Gasteiger partial charge on any atom is -0.478 e. The van der Waals surface area contributed by atoms with Crippen molar-refractivity contribution in [1.82, 2.24) is 4.90 Å². The van der Waals surface area contributed by atoms with Crippen molar-refractivity contribution in [3.8, 4) is 0 Å². The van der Waals surface area contributed by atoms with Crippen LogP contribution in [0.5, 0.6) is 0 Å². The summed E-state index contributed by atoms with van der Waals surface area (Å²) in [6.45, 7) is 0. The lowest BCUT2D eigenvalue weighted by molar-refractivity contribution is -0.0362. The van der Waals surface area contributed by atoms with E-state index in [1.165, 1.54) is 18.2 Å². The number of carbonyl (C=O) groups excluding carboxylic acids is 2. The van der Waals surface area contributed by atoms with E-state index in [4.69, 9.17) is 0 Å². The molecule has 0 bridgehead atoms. The average Bonchev–Trinajstić information content (AvgIpc) is 2.96. The molecule has 0 saturated heterocycles. The number of carboxylic acid groups (broad SMARTS) is 1. The van der Waals surface area contributed by atoms with Gasteiger partial charge in [-0.3, -0.25) is 9.59 Å². The first-order valence-electron chi connectivity index (χ1n) is 8.54. The van der Waals surface area contributed by atoms with Crippen molar-refractivity contribution >= 4 is 17.8 Å². The van der Waals surface area contributed by atoms with Crippen molar-refractivity contribution in [2.24, 2.45) is 0 Å². The van der Waals surface area contributed by atoms with Crippen LogP contribution >= 0.6 is 0 Å². The monoisotopic (exact) mass is 373 g/mol. The van der Waals surface area contributed by atoms with Gasteiger partial charge in [0, 0.05) is 22.3 Å². The molecule has 3 aromatic carbocycles. The first kappa shape index (κ1) is 17.6. The van der Waals surface area contributed by atoms with Gasteiger partial charge in [-0.15, -0.1) is 0 Å². The molecule has 0 fully saturated rings. The largest absolute Gasteiger partial charge is 0.478 e. The molecule has 28 heavy (non-hydrogen) atoms. The predicted octanol–water partition coefficient (Wildman–Crippen LogP) is 2.87. The second-order valence-electron chi connectivity index (χ2n) is 6.42. The summed E-state index contributed by atoms with van der Waals surface area (Å²) in [6, 6.07) is 20.2. The molecule has 1 unspecified atom stereocenters. The van der Waals surface area contributed by atoms with E-state index in [9.17, 15) is 24.6 Å². The van der Waals surface area contributed by atoms with E-state index in [1.807, 2.05) is 0 Å². The molecule has 0 radical (unpaired) electrons. The van der Waals surface area contributed by atoms with Crippen molar-refractivity contribution in [3.05, 3.63) is 107 Å². The molecule has 2 amide bonds. The second-order valence-corrected chi connectivity index (χ2v) is 6.42. The van der Waals surface area contributed by atoms with Crippen LogP contribution < -0.4 is 0 Å². The van der Waals surface area contributed by atoms with Gasteiger partial charge in [0.05, 0.1) is 5.56 Å². The Hall–Kier alpha value is -3.77. The molecule has 1 aliphatic rings. The third kappa shape index (κ3) is 2.51. The summed E-state index contributed by atoms with van der Waals surface area (Å²) >= 11 is 0. The van der Waals surface area contributed by atoms with E-state index in [-0.39, 0.29) is 27.8 Å². The fourth-order valence-corrected chi connectivity index (χ4v) is 3.44. The Morgan fingerprint density at radius 1 is 0.821 bits per heavy atom. The number of nitrogens with zero attached hydrogens (tertiary/aromatic N) is 1. The lowest BCUT2D eigenvalue weighted by atomic mass is 9.92. The van der Waals surface area contributed by atoms with Crippen LogP contribution in [0.1, 0.15) is 42.2 Å². The molecule has 1 aliphatic heterocycles. The first-order valence-corrected chi connectivity index (χ1v) is 8.54. The highest BCUT2D eigenvalue weighted by atomic mass is 16.4. The molecule has 0 aromatic heterocycles. The SMILES string of the molecule is O=C(O)c1ccc2c(c1)C(O)(c1ccccc1)N(C(=O)c1ccccc1)C2=O. The molecular formula is C22H15NO5. The van der Waals surface area contributed by atoms with E-state index in [1.54, 1.807) is 60.7 Å². The van der Waals surface area contributed by atoms with Gasteiger partial charge in [-0.1, -0.05) is 48.5 Å². The Balaban J connectivity index is 1.97. The Bertz CT molecular complexity index is 1090. The minimum atomic E-state index is -2.12. The number of aromatic carboxylic acids is 1. The van der Waals surface area contributed by atoms with E-state index >= 15 is 0 Å². The third-order valence-corrected chi connectivity index (χ3v) is 4.80. The molecule has 2 N–H and O–H groups in total. The molecule has 3 aromatic rings. The highest BCUT2D eigenvalue weighted by molar-refractivity contribution is 6.14. The molecule has 138 valence electrons. The fraction of sp³-hybridized carbons (Fsp3) is 0.0455. The van der Waals surface area contributed by atoms with Gasteiger partial charge in [0.2, 0.25) is 5.72 Å². The van der Waals surface area contributed by atoms with Crippen molar-refractivity contribution < 1.29 is 24.6 Å². The van der Waals surface area contributed by atoms with Crippen LogP contribution in [0.25, 0.3) is 0 Å². The smallest absolute Gasteiger partial charge is 0.335 e. The number of hydrogen-bond donors (Lipinski definition) is 2. The zero-order chi connectivity index (χ0) is 19.9. The maximum atomic E-state index is 13.2. The zero-order valence-corrected chi connectivity index (χ0v) is 14.6. The summed E-state index contributed by atoms with van der Waals surface area (Å²) in [4.78, 5) is 38.4. The zero-order valence-electron chi connectivity index (χ0n) is 14.6. The summed E-state index contributed by atoms with van der Waals surface area (Å²) in [6.07, 6.45) is 0. The Kier molecular flexibility index (Phi) is 4.05. The van der Waals surface area contributed by atoms with Crippen LogP contribution in [0, 0.1) is 0 Å². The van der Waals surface area contributed by atoms with Gasteiger partial charge in [-0.25, -0.2) is 9.69 Å². The molecule has 0 aliphatic carbocycles. The maximum absolute atomic E-state index is 13.2. The van der Waals surface area contributed by atoms with E-state index in [2.05, 4.69) is 0 Å². The van der Waals surface area contributed by atoms with Gasteiger partial charge in [0.1, 0.15) is 0 Å². The molecule has 6 heteroatoms. The minimum absolute atomic E-state index is 0.0629. The predicted molar refractivity (Wildman–Crippen MR) is 99.8 cm³/mol. The van der Waals surface area contributed by atoms with Crippen molar-refractivity contribution in [1.29, 1.82) is 0 Å². The number of rotatable bonds is 3. The van der Waals surface area contributed by atoms with Crippen LogP contribution in [0.4, 0.5) is 0 Å². The third-order valence-electron chi connectivity index (χ3n) is 4.80. The number of amides is 2. The molecule has 0 spiro atoms.